The second-order valence-corrected chi connectivity index (χ2v) is 11.2. The van der Waals surface area contributed by atoms with Crippen LogP contribution in [0, 0.1) is 11.6 Å². The Morgan fingerprint density at radius 3 is 1.95 bits per heavy atom. The largest absolute Gasteiger partial charge is 0.494 e. The van der Waals surface area contributed by atoms with E-state index in [1.54, 1.807) is 20.8 Å². The van der Waals surface area contributed by atoms with Crippen molar-refractivity contribution < 1.29 is 31.5 Å². The maximum atomic E-state index is 13.8. The molecule has 0 spiro atoms. The third-order valence-electron chi connectivity index (χ3n) is 5.98. The van der Waals surface area contributed by atoms with Crippen LogP contribution in [0.4, 0.5) is 14.5 Å². The Morgan fingerprint density at radius 2 is 1.43 bits per heavy atom. The van der Waals surface area contributed by atoms with E-state index in [0.717, 1.165) is 16.4 Å². The fraction of sp³-hybridized carbons (Fsp3) is 0.310. The molecule has 0 aliphatic heterocycles. The molecule has 40 heavy (non-hydrogen) atoms. The van der Waals surface area contributed by atoms with Gasteiger partial charge in [-0.1, -0.05) is 12.1 Å². The van der Waals surface area contributed by atoms with Gasteiger partial charge in [0.15, 0.2) is 0 Å². The van der Waals surface area contributed by atoms with Gasteiger partial charge >= 0.3 is 0 Å². The molecule has 0 saturated carbocycles. The van der Waals surface area contributed by atoms with Crippen molar-refractivity contribution in [1.29, 1.82) is 0 Å². The zero-order valence-electron chi connectivity index (χ0n) is 22.8. The first-order chi connectivity index (χ1) is 18.9. The van der Waals surface area contributed by atoms with E-state index in [9.17, 15) is 26.8 Å². The summed E-state index contributed by atoms with van der Waals surface area (Å²) in [5, 5.41) is 2.76. The minimum atomic E-state index is -4.31. The average molecular weight is 574 g/mol. The normalized spacial score (nSPS) is 12.1. The molecule has 0 aliphatic carbocycles. The van der Waals surface area contributed by atoms with Gasteiger partial charge in [0.25, 0.3) is 10.0 Å². The van der Waals surface area contributed by atoms with Gasteiger partial charge in [-0.05, 0) is 93.9 Å². The molecule has 0 aromatic heterocycles. The quantitative estimate of drug-likeness (QED) is 0.344. The van der Waals surface area contributed by atoms with E-state index in [2.05, 4.69) is 5.32 Å². The van der Waals surface area contributed by atoms with E-state index in [1.165, 1.54) is 72.5 Å². The highest BCUT2D eigenvalue weighted by atomic mass is 32.2. The van der Waals surface area contributed by atoms with Crippen LogP contribution in [-0.4, -0.2) is 50.4 Å². The maximum Gasteiger partial charge on any atom is 0.264 e. The number of amides is 2. The number of anilines is 1. The molecule has 0 saturated heterocycles. The second kappa shape index (κ2) is 13.4. The number of benzene rings is 3. The first-order valence-electron chi connectivity index (χ1n) is 12.8. The molecule has 1 atom stereocenters. The van der Waals surface area contributed by atoms with Crippen molar-refractivity contribution >= 4 is 27.5 Å². The van der Waals surface area contributed by atoms with E-state index in [-0.39, 0.29) is 23.2 Å². The highest BCUT2D eigenvalue weighted by Gasteiger charge is 2.32. The lowest BCUT2D eigenvalue weighted by atomic mass is 10.1. The Labute approximate surface area is 233 Å². The van der Waals surface area contributed by atoms with Crippen LogP contribution in [0.15, 0.2) is 77.7 Å². The summed E-state index contributed by atoms with van der Waals surface area (Å²) in [6.45, 7) is 6.52. The molecular formula is C29H33F2N3O5S. The van der Waals surface area contributed by atoms with Crippen LogP contribution in [0.2, 0.25) is 0 Å². The number of nitrogens with one attached hydrogen (secondary N) is 1. The van der Waals surface area contributed by atoms with Crippen LogP contribution in [-0.2, 0) is 26.2 Å². The fourth-order valence-electron chi connectivity index (χ4n) is 3.91. The first-order valence-corrected chi connectivity index (χ1v) is 14.2. The molecule has 214 valence electrons. The summed E-state index contributed by atoms with van der Waals surface area (Å²) in [4.78, 5) is 27.8. The third kappa shape index (κ3) is 7.78. The number of carbonyl (C=O) groups is 2. The number of ether oxygens (including phenoxy) is 1. The molecule has 3 rings (SSSR count). The van der Waals surface area contributed by atoms with Gasteiger partial charge < -0.3 is 15.0 Å². The van der Waals surface area contributed by atoms with Crippen LogP contribution in [0.3, 0.4) is 0 Å². The lowest BCUT2D eigenvalue weighted by Gasteiger charge is -2.32. The van der Waals surface area contributed by atoms with Crippen LogP contribution in [0.25, 0.3) is 0 Å². The highest BCUT2D eigenvalue weighted by Crippen LogP contribution is 2.26. The molecule has 8 nitrogen and oxygen atoms in total. The highest BCUT2D eigenvalue weighted by molar-refractivity contribution is 7.92. The molecule has 3 aromatic carbocycles. The summed E-state index contributed by atoms with van der Waals surface area (Å²) in [5.74, 6) is -1.69. The minimum absolute atomic E-state index is 0.0599. The second-order valence-electron chi connectivity index (χ2n) is 9.38. The molecule has 0 unspecified atom stereocenters. The zero-order valence-corrected chi connectivity index (χ0v) is 23.6. The summed E-state index contributed by atoms with van der Waals surface area (Å²) >= 11 is 0. The summed E-state index contributed by atoms with van der Waals surface area (Å²) in [7, 11) is -4.31. The SMILES string of the molecule is CCOc1ccc(S(=O)(=O)N(CC(=O)N(Cc2ccc(F)cc2)[C@H](C)C(=O)NC(C)C)c2ccc(F)cc2)cc1. The van der Waals surface area contributed by atoms with Crippen molar-refractivity contribution in [2.45, 2.75) is 51.2 Å². The summed E-state index contributed by atoms with van der Waals surface area (Å²) in [5.41, 5.74) is 0.603. The van der Waals surface area contributed by atoms with Gasteiger partial charge in [-0.25, -0.2) is 17.2 Å². The molecule has 11 heteroatoms. The van der Waals surface area contributed by atoms with E-state index in [4.69, 9.17) is 4.74 Å². The standard InChI is InChI=1S/C29H33F2N3O5S/c1-5-39-26-14-16-27(17-15-26)40(37,38)34(25-12-10-24(31)11-13-25)19-28(35)33(21(4)29(36)32-20(2)3)18-22-6-8-23(30)9-7-22/h6-17,20-21H,5,18-19H2,1-4H3,(H,32,36)/t21-/m1/s1. The molecule has 1 N–H and O–H groups in total. The monoisotopic (exact) mass is 573 g/mol. The van der Waals surface area contributed by atoms with Gasteiger partial charge in [-0.15, -0.1) is 0 Å². The van der Waals surface area contributed by atoms with Gasteiger partial charge in [0, 0.05) is 12.6 Å². The topological polar surface area (TPSA) is 96.0 Å². The lowest BCUT2D eigenvalue weighted by molar-refractivity contribution is -0.139. The van der Waals surface area contributed by atoms with E-state index in [1.807, 2.05) is 0 Å². The van der Waals surface area contributed by atoms with Crippen LogP contribution < -0.4 is 14.4 Å². The summed E-state index contributed by atoms with van der Waals surface area (Å²) < 4.78 is 61.1. The van der Waals surface area contributed by atoms with Crippen molar-refractivity contribution in [3.8, 4) is 5.75 Å². The molecular weight excluding hydrogens is 540 g/mol. The Balaban J connectivity index is 2.01. The molecule has 0 fully saturated rings. The number of hydrogen-bond donors (Lipinski definition) is 1. The zero-order chi connectivity index (χ0) is 29.4. The lowest BCUT2D eigenvalue weighted by Crippen LogP contribution is -2.52. The van der Waals surface area contributed by atoms with Crippen LogP contribution >= 0.6 is 0 Å². The van der Waals surface area contributed by atoms with Gasteiger partial charge in [-0.2, -0.15) is 0 Å². The van der Waals surface area contributed by atoms with Crippen molar-refractivity contribution in [3.05, 3.63) is 90.0 Å². The van der Waals surface area contributed by atoms with Crippen molar-refractivity contribution in [1.82, 2.24) is 10.2 Å². The van der Waals surface area contributed by atoms with Gasteiger partial charge in [-0.3, -0.25) is 13.9 Å². The number of rotatable bonds is 12. The number of nitrogens with zero attached hydrogens (tertiary/aromatic N) is 2. The predicted molar refractivity (Wildman–Crippen MR) is 148 cm³/mol. The Morgan fingerprint density at radius 1 is 0.875 bits per heavy atom. The molecule has 0 radical (unpaired) electrons. The number of hydrogen-bond acceptors (Lipinski definition) is 5. The third-order valence-corrected chi connectivity index (χ3v) is 7.77. The van der Waals surface area contributed by atoms with Gasteiger partial charge in [0.2, 0.25) is 11.8 Å². The van der Waals surface area contributed by atoms with Crippen LogP contribution in [0.5, 0.6) is 5.75 Å². The molecule has 0 heterocycles. The van der Waals surface area contributed by atoms with E-state index in [0.29, 0.717) is 17.9 Å². The number of halogens is 2. The average Bonchev–Trinajstić information content (AvgIpc) is 2.91. The van der Waals surface area contributed by atoms with Crippen molar-refractivity contribution in [3.63, 3.8) is 0 Å². The predicted octanol–water partition coefficient (Wildman–Crippen LogP) is 4.50. The van der Waals surface area contributed by atoms with E-state index < -0.39 is 46.1 Å². The van der Waals surface area contributed by atoms with Crippen molar-refractivity contribution in [2.24, 2.45) is 0 Å². The molecule has 3 aromatic rings. The molecule has 0 bridgehead atoms. The van der Waals surface area contributed by atoms with Crippen molar-refractivity contribution in [2.75, 3.05) is 17.5 Å². The van der Waals surface area contributed by atoms with Crippen LogP contribution in [0.1, 0.15) is 33.3 Å². The summed E-state index contributed by atoms with van der Waals surface area (Å²) in [6, 6.07) is 14.7. The Kier molecular flexibility index (Phi) is 10.2. The first kappa shape index (κ1) is 30.6. The van der Waals surface area contributed by atoms with Gasteiger partial charge in [0.05, 0.1) is 17.2 Å². The van der Waals surface area contributed by atoms with Gasteiger partial charge in [0.1, 0.15) is 30.0 Å². The Bertz CT molecular complexity index is 1400. The Hall–Kier alpha value is -3.99. The fourth-order valence-corrected chi connectivity index (χ4v) is 5.33. The number of carbonyl (C=O) groups excluding carboxylic acids is 2. The minimum Gasteiger partial charge on any atom is -0.494 e. The molecule has 2 amide bonds. The maximum absolute atomic E-state index is 13.8. The smallest absolute Gasteiger partial charge is 0.264 e. The molecule has 0 aliphatic rings. The number of sulfonamides is 1. The summed E-state index contributed by atoms with van der Waals surface area (Å²) in [6.07, 6.45) is 0. The van der Waals surface area contributed by atoms with E-state index >= 15 is 0 Å².